The zero-order valence-electron chi connectivity index (χ0n) is 13.4. The lowest BCUT2D eigenvalue weighted by atomic mass is 10.1. The number of aryl methyl sites for hydroxylation is 2. The third-order valence-electron chi connectivity index (χ3n) is 3.34. The van der Waals surface area contributed by atoms with E-state index in [0.29, 0.717) is 12.5 Å². The average Bonchev–Trinajstić information content (AvgIpc) is 2.75. The summed E-state index contributed by atoms with van der Waals surface area (Å²) in [5.74, 6) is 0.675. The van der Waals surface area contributed by atoms with Gasteiger partial charge in [-0.25, -0.2) is 0 Å². The molecular formula is C15H28N4O. The summed E-state index contributed by atoms with van der Waals surface area (Å²) in [6, 6.07) is -0.188. The molecular weight excluding hydrogens is 252 g/mol. The smallest absolute Gasteiger partial charge is 0.236 e. The number of carbonyl (C=O) groups excluding carboxylic acids is 1. The highest BCUT2D eigenvalue weighted by Gasteiger charge is 2.13. The van der Waals surface area contributed by atoms with Gasteiger partial charge in [-0.2, -0.15) is 5.10 Å². The Morgan fingerprint density at radius 1 is 1.40 bits per heavy atom. The van der Waals surface area contributed by atoms with Crippen molar-refractivity contribution in [2.24, 2.45) is 13.0 Å². The molecule has 0 saturated carbocycles. The van der Waals surface area contributed by atoms with E-state index in [9.17, 15) is 4.79 Å². The van der Waals surface area contributed by atoms with Gasteiger partial charge < -0.3 is 10.6 Å². The molecule has 0 aliphatic rings. The van der Waals surface area contributed by atoms with Crippen molar-refractivity contribution in [1.82, 2.24) is 20.4 Å². The molecule has 0 aliphatic carbocycles. The minimum Gasteiger partial charge on any atom is -0.355 e. The molecule has 2 N–H and O–H groups in total. The fourth-order valence-electron chi connectivity index (χ4n) is 2.02. The summed E-state index contributed by atoms with van der Waals surface area (Å²) in [5, 5.41) is 10.6. The predicted molar refractivity (Wildman–Crippen MR) is 81.4 cm³/mol. The average molecular weight is 280 g/mol. The first-order valence-electron chi connectivity index (χ1n) is 7.46. The van der Waals surface area contributed by atoms with Gasteiger partial charge in [0.1, 0.15) is 0 Å². The van der Waals surface area contributed by atoms with E-state index in [1.807, 2.05) is 24.9 Å². The second-order valence-corrected chi connectivity index (χ2v) is 5.70. The molecule has 114 valence electrons. The first kappa shape index (κ1) is 16.7. The predicted octanol–water partition coefficient (Wildman–Crippen LogP) is 1.62. The standard InChI is InChI=1S/C15H28N4O/c1-6-14-13(10-19(5)18-14)9-17-12(4)15(20)16-8-7-11(2)3/h10-12,17H,6-9H2,1-5H3,(H,16,20). The number of rotatable bonds is 8. The van der Waals surface area contributed by atoms with Crippen LogP contribution in [0.5, 0.6) is 0 Å². The quantitative estimate of drug-likeness (QED) is 0.761. The van der Waals surface area contributed by atoms with Crippen molar-refractivity contribution in [3.05, 3.63) is 17.5 Å². The Kier molecular flexibility index (Phi) is 6.71. The van der Waals surface area contributed by atoms with Gasteiger partial charge in [-0.15, -0.1) is 0 Å². The molecule has 5 nitrogen and oxygen atoms in total. The van der Waals surface area contributed by atoms with Crippen LogP contribution in [0.4, 0.5) is 0 Å². The first-order chi connectivity index (χ1) is 9.43. The van der Waals surface area contributed by atoms with Gasteiger partial charge >= 0.3 is 0 Å². The van der Waals surface area contributed by atoms with Crippen LogP contribution in [0.15, 0.2) is 6.20 Å². The van der Waals surface area contributed by atoms with Crippen molar-refractivity contribution >= 4 is 5.91 Å². The van der Waals surface area contributed by atoms with E-state index in [-0.39, 0.29) is 11.9 Å². The van der Waals surface area contributed by atoms with Crippen LogP contribution in [0, 0.1) is 5.92 Å². The minimum absolute atomic E-state index is 0.0626. The van der Waals surface area contributed by atoms with E-state index in [1.54, 1.807) is 0 Å². The van der Waals surface area contributed by atoms with E-state index < -0.39 is 0 Å². The Morgan fingerprint density at radius 2 is 2.10 bits per heavy atom. The molecule has 0 bridgehead atoms. The third-order valence-corrected chi connectivity index (χ3v) is 3.34. The van der Waals surface area contributed by atoms with Gasteiger partial charge in [-0.3, -0.25) is 9.48 Å². The number of hydrogen-bond acceptors (Lipinski definition) is 3. The summed E-state index contributed by atoms with van der Waals surface area (Å²) >= 11 is 0. The Morgan fingerprint density at radius 3 is 2.70 bits per heavy atom. The van der Waals surface area contributed by atoms with Crippen LogP contribution < -0.4 is 10.6 Å². The first-order valence-corrected chi connectivity index (χ1v) is 7.46. The molecule has 0 spiro atoms. The van der Waals surface area contributed by atoms with Crippen LogP contribution in [0.2, 0.25) is 0 Å². The van der Waals surface area contributed by atoms with Crippen LogP contribution in [0.25, 0.3) is 0 Å². The van der Waals surface area contributed by atoms with Crippen LogP contribution in [-0.4, -0.2) is 28.3 Å². The normalized spacial score (nSPS) is 12.7. The maximum Gasteiger partial charge on any atom is 0.236 e. The van der Waals surface area contributed by atoms with Gasteiger partial charge in [0.05, 0.1) is 11.7 Å². The number of nitrogens with zero attached hydrogens (tertiary/aromatic N) is 2. The highest BCUT2D eigenvalue weighted by molar-refractivity contribution is 5.81. The molecule has 5 heteroatoms. The van der Waals surface area contributed by atoms with Crippen molar-refractivity contribution in [2.75, 3.05) is 6.54 Å². The number of carbonyl (C=O) groups is 1. The van der Waals surface area contributed by atoms with Gasteiger partial charge in [-0.1, -0.05) is 20.8 Å². The molecule has 0 aliphatic heterocycles. The summed E-state index contributed by atoms with van der Waals surface area (Å²) in [4.78, 5) is 11.9. The largest absolute Gasteiger partial charge is 0.355 e. The lowest BCUT2D eigenvalue weighted by Crippen LogP contribution is -2.42. The Balaban J connectivity index is 2.38. The van der Waals surface area contributed by atoms with Crippen molar-refractivity contribution < 1.29 is 4.79 Å². The molecule has 0 saturated heterocycles. The number of hydrogen-bond donors (Lipinski definition) is 2. The molecule has 1 heterocycles. The Bertz CT molecular complexity index is 426. The van der Waals surface area contributed by atoms with Crippen LogP contribution in [-0.2, 0) is 24.8 Å². The SMILES string of the molecule is CCc1nn(C)cc1CNC(C)C(=O)NCCC(C)C. The lowest BCUT2D eigenvalue weighted by Gasteiger charge is -2.14. The molecule has 1 amide bonds. The molecule has 1 atom stereocenters. The number of nitrogens with one attached hydrogen (secondary N) is 2. The second kappa shape index (κ2) is 8.04. The zero-order chi connectivity index (χ0) is 15.1. The number of amides is 1. The van der Waals surface area contributed by atoms with Gasteiger partial charge in [0.25, 0.3) is 0 Å². The third kappa shape index (κ3) is 5.33. The highest BCUT2D eigenvalue weighted by atomic mass is 16.2. The topological polar surface area (TPSA) is 59.0 Å². The lowest BCUT2D eigenvalue weighted by molar-refractivity contribution is -0.122. The second-order valence-electron chi connectivity index (χ2n) is 5.70. The van der Waals surface area contributed by atoms with E-state index in [2.05, 4.69) is 36.5 Å². The summed E-state index contributed by atoms with van der Waals surface area (Å²) < 4.78 is 1.82. The molecule has 1 unspecified atom stereocenters. The monoisotopic (exact) mass is 280 g/mol. The van der Waals surface area contributed by atoms with Crippen molar-refractivity contribution in [3.63, 3.8) is 0 Å². The van der Waals surface area contributed by atoms with Crippen molar-refractivity contribution in [1.29, 1.82) is 0 Å². The summed E-state index contributed by atoms with van der Waals surface area (Å²) in [7, 11) is 1.92. The summed E-state index contributed by atoms with van der Waals surface area (Å²) in [6.07, 6.45) is 3.93. The van der Waals surface area contributed by atoms with Crippen LogP contribution in [0.3, 0.4) is 0 Å². The maximum atomic E-state index is 11.9. The molecule has 0 radical (unpaired) electrons. The van der Waals surface area contributed by atoms with Gasteiger partial charge in [-0.05, 0) is 25.7 Å². The van der Waals surface area contributed by atoms with Gasteiger partial charge in [0.15, 0.2) is 0 Å². The molecule has 1 aromatic heterocycles. The Hall–Kier alpha value is -1.36. The fourth-order valence-corrected chi connectivity index (χ4v) is 2.02. The molecule has 0 fully saturated rings. The van der Waals surface area contributed by atoms with Crippen LogP contribution in [0.1, 0.15) is 45.4 Å². The van der Waals surface area contributed by atoms with E-state index in [0.717, 1.165) is 30.6 Å². The van der Waals surface area contributed by atoms with Crippen LogP contribution >= 0.6 is 0 Å². The molecule has 1 rings (SSSR count). The zero-order valence-corrected chi connectivity index (χ0v) is 13.4. The van der Waals surface area contributed by atoms with E-state index in [4.69, 9.17) is 0 Å². The van der Waals surface area contributed by atoms with Crippen molar-refractivity contribution in [3.8, 4) is 0 Å². The van der Waals surface area contributed by atoms with Gasteiger partial charge in [0, 0.05) is 31.9 Å². The number of aromatic nitrogens is 2. The highest BCUT2D eigenvalue weighted by Crippen LogP contribution is 2.07. The van der Waals surface area contributed by atoms with E-state index in [1.165, 1.54) is 0 Å². The maximum absolute atomic E-state index is 11.9. The van der Waals surface area contributed by atoms with Gasteiger partial charge in [0.2, 0.25) is 5.91 Å². The minimum atomic E-state index is -0.188. The molecule has 0 aromatic carbocycles. The molecule has 1 aromatic rings. The molecule has 20 heavy (non-hydrogen) atoms. The van der Waals surface area contributed by atoms with Crippen molar-refractivity contribution in [2.45, 2.75) is 53.1 Å². The van der Waals surface area contributed by atoms with E-state index >= 15 is 0 Å². The summed E-state index contributed by atoms with van der Waals surface area (Å²) in [6.45, 7) is 9.72. The Labute approximate surface area is 122 Å². The fraction of sp³-hybridized carbons (Fsp3) is 0.733. The summed E-state index contributed by atoms with van der Waals surface area (Å²) in [5.41, 5.74) is 2.25.